The van der Waals surface area contributed by atoms with Crippen LogP contribution in [0.4, 0.5) is 0 Å². The standard InChI is InChI=1S/C25H29N3O5S3/c1-5-32-22(31)15-8-10-16(11-9-15)28-20-19(36-24(28)34)21(30)27(13-17-7-6-12-33-17)23(26-20)35-14-18(29)25(2,3)4/h8-11,17H,5-7,12-14H2,1-4H3/t17-/m0/s1. The quantitative estimate of drug-likeness (QED) is 0.168. The number of esters is 1. The Hall–Kier alpha value is -2.34. The van der Waals surface area contributed by atoms with E-state index in [0.29, 0.717) is 50.5 Å². The summed E-state index contributed by atoms with van der Waals surface area (Å²) >= 11 is 8.09. The Bertz CT molecular complexity index is 1390. The summed E-state index contributed by atoms with van der Waals surface area (Å²) in [4.78, 5) is 43.2. The van der Waals surface area contributed by atoms with Crippen molar-refractivity contribution in [2.75, 3.05) is 19.0 Å². The first-order chi connectivity index (χ1) is 17.1. The molecule has 36 heavy (non-hydrogen) atoms. The summed E-state index contributed by atoms with van der Waals surface area (Å²) in [5, 5.41) is 0.463. The van der Waals surface area contributed by atoms with Gasteiger partial charge in [0, 0.05) is 17.7 Å². The van der Waals surface area contributed by atoms with Crippen LogP contribution in [0.15, 0.2) is 34.2 Å². The maximum Gasteiger partial charge on any atom is 0.338 e. The van der Waals surface area contributed by atoms with Crippen LogP contribution in [-0.4, -0.2) is 50.9 Å². The van der Waals surface area contributed by atoms with Crippen molar-refractivity contribution in [3.05, 3.63) is 44.1 Å². The average molecular weight is 548 g/mol. The number of carbonyl (C=O) groups is 2. The lowest BCUT2D eigenvalue weighted by Crippen LogP contribution is -2.29. The summed E-state index contributed by atoms with van der Waals surface area (Å²) < 4.78 is 15.1. The second kappa shape index (κ2) is 11.0. The fourth-order valence-electron chi connectivity index (χ4n) is 3.77. The molecule has 1 atom stereocenters. The molecule has 1 aliphatic heterocycles. The summed E-state index contributed by atoms with van der Waals surface area (Å²) in [6.45, 7) is 8.74. The molecule has 3 heterocycles. The maximum absolute atomic E-state index is 13.6. The number of ketones is 1. The van der Waals surface area contributed by atoms with E-state index in [1.807, 2.05) is 20.8 Å². The number of fused-ring (bicyclic) bond motifs is 1. The summed E-state index contributed by atoms with van der Waals surface area (Å²) in [6, 6.07) is 6.83. The van der Waals surface area contributed by atoms with Gasteiger partial charge in [0.15, 0.2) is 14.8 Å². The zero-order chi connectivity index (χ0) is 26.0. The first-order valence-corrected chi connectivity index (χ1v) is 14.0. The summed E-state index contributed by atoms with van der Waals surface area (Å²) in [6.07, 6.45) is 1.76. The largest absolute Gasteiger partial charge is 0.462 e. The van der Waals surface area contributed by atoms with Gasteiger partial charge in [-0.2, -0.15) is 0 Å². The van der Waals surface area contributed by atoms with Gasteiger partial charge in [0.1, 0.15) is 10.5 Å². The Morgan fingerprint density at radius 3 is 2.61 bits per heavy atom. The van der Waals surface area contributed by atoms with Gasteiger partial charge in [-0.15, -0.1) is 0 Å². The molecule has 4 rings (SSSR count). The van der Waals surface area contributed by atoms with Crippen molar-refractivity contribution >= 4 is 57.4 Å². The van der Waals surface area contributed by atoms with Crippen molar-refractivity contribution in [2.24, 2.45) is 5.41 Å². The number of aromatic nitrogens is 3. The molecule has 1 aromatic carbocycles. The molecule has 1 saturated heterocycles. The van der Waals surface area contributed by atoms with Crippen molar-refractivity contribution in [3.63, 3.8) is 0 Å². The topological polar surface area (TPSA) is 92.4 Å². The number of benzene rings is 1. The van der Waals surface area contributed by atoms with Crippen LogP contribution >= 0.6 is 35.3 Å². The highest BCUT2D eigenvalue weighted by Crippen LogP contribution is 2.28. The van der Waals surface area contributed by atoms with E-state index in [2.05, 4.69) is 0 Å². The minimum atomic E-state index is -0.493. The summed E-state index contributed by atoms with van der Waals surface area (Å²) in [5.41, 5.74) is 0.862. The molecule has 0 aliphatic carbocycles. The molecule has 192 valence electrons. The Labute approximate surface area is 222 Å². The van der Waals surface area contributed by atoms with Crippen molar-refractivity contribution < 1.29 is 19.1 Å². The third-order valence-electron chi connectivity index (χ3n) is 5.87. The van der Waals surface area contributed by atoms with E-state index < -0.39 is 11.4 Å². The fraction of sp³-hybridized carbons (Fsp3) is 0.480. The molecule has 1 fully saturated rings. The van der Waals surface area contributed by atoms with E-state index in [-0.39, 0.29) is 23.2 Å². The van der Waals surface area contributed by atoms with Crippen LogP contribution in [0.25, 0.3) is 16.0 Å². The third kappa shape index (κ3) is 5.64. The van der Waals surface area contributed by atoms with E-state index in [0.717, 1.165) is 12.8 Å². The number of ether oxygens (including phenoxy) is 2. The molecule has 0 amide bonds. The molecular formula is C25H29N3O5S3. The molecule has 0 N–H and O–H groups in total. The van der Waals surface area contributed by atoms with Gasteiger partial charge in [-0.3, -0.25) is 18.7 Å². The van der Waals surface area contributed by atoms with Crippen LogP contribution in [0.2, 0.25) is 0 Å². The number of hydrogen-bond acceptors (Lipinski definition) is 9. The second-order valence-corrected chi connectivity index (χ2v) is 12.1. The number of nitrogens with zero attached hydrogens (tertiary/aromatic N) is 3. The van der Waals surface area contributed by atoms with E-state index in [1.54, 1.807) is 40.3 Å². The zero-order valence-corrected chi connectivity index (χ0v) is 23.2. The number of thioether (sulfide) groups is 1. The highest BCUT2D eigenvalue weighted by molar-refractivity contribution is 7.99. The van der Waals surface area contributed by atoms with E-state index in [9.17, 15) is 14.4 Å². The lowest BCUT2D eigenvalue weighted by molar-refractivity contribution is -0.123. The van der Waals surface area contributed by atoms with Crippen molar-refractivity contribution in [1.82, 2.24) is 14.1 Å². The van der Waals surface area contributed by atoms with Crippen LogP contribution in [-0.2, 0) is 20.8 Å². The first-order valence-electron chi connectivity index (χ1n) is 11.8. The highest BCUT2D eigenvalue weighted by atomic mass is 32.2. The van der Waals surface area contributed by atoms with Gasteiger partial charge >= 0.3 is 5.97 Å². The van der Waals surface area contributed by atoms with Crippen LogP contribution in [0, 0.1) is 9.37 Å². The monoisotopic (exact) mass is 547 g/mol. The van der Waals surface area contributed by atoms with E-state index >= 15 is 0 Å². The number of carbonyl (C=O) groups excluding carboxylic acids is 2. The third-order valence-corrected chi connectivity index (χ3v) is 8.20. The van der Waals surface area contributed by atoms with Gasteiger partial charge in [-0.25, -0.2) is 9.78 Å². The molecule has 0 bridgehead atoms. The van der Waals surface area contributed by atoms with Gasteiger partial charge in [-0.1, -0.05) is 43.9 Å². The molecule has 0 saturated carbocycles. The Kier molecular flexibility index (Phi) is 8.13. The summed E-state index contributed by atoms with van der Waals surface area (Å²) in [5.74, 6) is -0.131. The molecule has 11 heteroatoms. The number of rotatable bonds is 8. The molecule has 3 aromatic rings. The van der Waals surface area contributed by atoms with Gasteiger partial charge in [0.05, 0.1) is 30.6 Å². The predicted molar refractivity (Wildman–Crippen MR) is 144 cm³/mol. The molecule has 2 aromatic heterocycles. The van der Waals surface area contributed by atoms with Gasteiger partial charge in [-0.05, 0) is 56.2 Å². The zero-order valence-electron chi connectivity index (χ0n) is 20.7. The SMILES string of the molecule is CCOC(=O)c1ccc(-n2c(=S)sc3c(=O)n(C[C@@H]4CCCO4)c(SCC(=O)C(C)(C)C)nc32)cc1. The lowest BCUT2D eigenvalue weighted by atomic mass is 9.92. The number of Topliss-reactive ketones (excluding diaryl/α,β-unsaturated/α-hetero) is 1. The minimum Gasteiger partial charge on any atom is -0.462 e. The first kappa shape index (κ1) is 26.7. The minimum absolute atomic E-state index is 0.0647. The Morgan fingerprint density at radius 2 is 2.00 bits per heavy atom. The molecule has 0 radical (unpaired) electrons. The fourth-order valence-corrected chi connectivity index (χ4v) is 6.25. The van der Waals surface area contributed by atoms with Crippen molar-refractivity contribution in [1.29, 1.82) is 0 Å². The summed E-state index contributed by atoms with van der Waals surface area (Å²) in [7, 11) is 0. The molecule has 1 aliphatic rings. The Balaban J connectivity index is 1.79. The number of hydrogen-bond donors (Lipinski definition) is 0. The lowest BCUT2D eigenvalue weighted by Gasteiger charge is -2.18. The average Bonchev–Trinajstić information content (AvgIpc) is 3.46. The predicted octanol–water partition coefficient (Wildman–Crippen LogP) is 5.04. The second-order valence-electron chi connectivity index (χ2n) is 9.53. The van der Waals surface area contributed by atoms with Gasteiger partial charge in [0.2, 0.25) is 0 Å². The van der Waals surface area contributed by atoms with Crippen molar-refractivity contribution in [2.45, 2.75) is 58.3 Å². The number of thiazole rings is 1. The molecule has 0 unspecified atom stereocenters. The highest BCUT2D eigenvalue weighted by Gasteiger charge is 2.25. The van der Waals surface area contributed by atoms with Crippen LogP contribution in [0.3, 0.4) is 0 Å². The van der Waals surface area contributed by atoms with Crippen LogP contribution in [0.1, 0.15) is 50.9 Å². The Morgan fingerprint density at radius 1 is 1.28 bits per heavy atom. The molecule has 0 spiro atoms. The van der Waals surface area contributed by atoms with Crippen LogP contribution in [0.5, 0.6) is 0 Å². The molecule has 8 nitrogen and oxygen atoms in total. The van der Waals surface area contributed by atoms with E-state index in [4.69, 9.17) is 26.7 Å². The van der Waals surface area contributed by atoms with Crippen molar-refractivity contribution in [3.8, 4) is 5.69 Å². The normalized spacial score (nSPS) is 15.9. The maximum atomic E-state index is 13.6. The smallest absolute Gasteiger partial charge is 0.338 e. The van der Waals surface area contributed by atoms with Gasteiger partial charge < -0.3 is 9.47 Å². The van der Waals surface area contributed by atoms with Gasteiger partial charge in [0.25, 0.3) is 5.56 Å². The van der Waals surface area contributed by atoms with E-state index in [1.165, 1.54) is 23.1 Å². The van der Waals surface area contributed by atoms with Crippen LogP contribution < -0.4 is 5.56 Å². The molecular weight excluding hydrogens is 518 g/mol.